The van der Waals surface area contributed by atoms with Crippen LogP contribution < -0.4 is 10.1 Å². The molecule has 0 fully saturated rings. The second-order valence-electron chi connectivity index (χ2n) is 6.74. The van der Waals surface area contributed by atoms with Crippen LogP contribution >= 0.6 is 11.3 Å². The smallest absolute Gasteiger partial charge is 0.234 e. The van der Waals surface area contributed by atoms with Gasteiger partial charge in [-0.1, -0.05) is 18.2 Å². The van der Waals surface area contributed by atoms with Crippen LogP contribution in [-0.2, 0) is 24.9 Å². The van der Waals surface area contributed by atoms with Gasteiger partial charge in [0.1, 0.15) is 11.9 Å². The zero-order chi connectivity index (χ0) is 18.6. The van der Waals surface area contributed by atoms with E-state index in [2.05, 4.69) is 38.2 Å². The largest absolute Gasteiger partial charge is 0.484 e. The molecule has 1 atom stereocenters. The number of carbonyl (C=O) groups is 1. The highest BCUT2D eigenvalue weighted by Gasteiger charge is 2.25. The number of aromatic nitrogens is 2. The number of hydrogen-bond acceptors (Lipinski definition) is 5. The molecule has 0 bridgehead atoms. The Morgan fingerprint density at radius 2 is 2.26 bits per heavy atom. The van der Waals surface area contributed by atoms with Crippen LogP contribution in [0.2, 0.25) is 0 Å². The van der Waals surface area contributed by atoms with Gasteiger partial charge in [-0.05, 0) is 22.9 Å². The lowest BCUT2D eigenvalue weighted by atomic mass is 10.2. The molecule has 1 amide bonds. The maximum absolute atomic E-state index is 12.5. The highest BCUT2D eigenvalue weighted by atomic mass is 32.1. The van der Waals surface area contributed by atoms with Gasteiger partial charge in [0.25, 0.3) is 0 Å². The van der Waals surface area contributed by atoms with Gasteiger partial charge in [-0.3, -0.25) is 14.4 Å². The molecule has 4 rings (SSSR count). The first kappa shape index (κ1) is 17.8. The number of fused-ring (bicyclic) bond motifs is 1. The van der Waals surface area contributed by atoms with Crippen molar-refractivity contribution in [2.75, 3.05) is 13.1 Å². The van der Waals surface area contributed by atoms with E-state index >= 15 is 0 Å². The number of rotatable bonds is 5. The number of benzene rings is 1. The lowest BCUT2D eigenvalue weighted by molar-refractivity contribution is -0.122. The zero-order valence-corrected chi connectivity index (χ0v) is 16.0. The quantitative estimate of drug-likeness (QED) is 0.737. The van der Waals surface area contributed by atoms with Crippen molar-refractivity contribution < 1.29 is 9.53 Å². The molecular weight excluding hydrogens is 360 g/mol. The van der Waals surface area contributed by atoms with Gasteiger partial charge in [-0.25, -0.2) is 0 Å². The Hall–Kier alpha value is -2.64. The topological polar surface area (TPSA) is 59.4 Å². The van der Waals surface area contributed by atoms with Crippen molar-refractivity contribution in [2.45, 2.75) is 19.2 Å². The molecule has 0 saturated carbocycles. The van der Waals surface area contributed by atoms with Crippen molar-refractivity contribution in [3.05, 3.63) is 70.2 Å². The van der Waals surface area contributed by atoms with Crippen LogP contribution in [0.15, 0.2) is 53.5 Å². The van der Waals surface area contributed by atoms with Gasteiger partial charge in [-0.2, -0.15) is 16.4 Å². The standard InChI is InChI=1S/C20H22N4O2S/c1-23-10-15(9-22-23)8-21-20(25)13-24-11-16-4-2-3-5-18(16)26-19(12-24)17-6-7-27-14-17/h2-7,9-10,14,19H,8,11-13H2,1H3,(H,21,25). The molecule has 0 aliphatic carbocycles. The Morgan fingerprint density at radius 1 is 1.37 bits per heavy atom. The second-order valence-corrected chi connectivity index (χ2v) is 7.52. The third kappa shape index (κ3) is 4.37. The third-order valence-electron chi connectivity index (χ3n) is 4.59. The maximum atomic E-state index is 12.5. The number of amides is 1. The maximum Gasteiger partial charge on any atom is 0.234 e. The number of hydrogen-bond donors (Lipinski definition) is 1. The molecule has 0 spiro atoms. The van der Waals surface area contributed by atoms with Gasteiger partial charge in [0.05, 0.1) is 12.7 Å². The third-order valence-corrected chi connectivity index (χ3v) is 5.29. The van der Waals surface area contributed by atoms with Crippen molar-refractivity contribution in [3.8, 4) is 5.75 Å². The van der Waals surface area contributed by atoms with E-state index in [0.29, 0.717) is 26.2 Å². The molecule has 1 unspecified atom stereocenters. The second kappa shape index (κ2) is 7.94. The first-order valence-corrected chi connectivity index (χ1v) is 9.85. The summed E-state index contributed by atoms with van der Waals surface area (Å²) in [6.45, 7) is 2.18. The Bertz CT molecular complexity index is 906. The Labute approximate surface area is 162 Å². The highest BCUT2D eigenvalue weighted by Crippen LogP contribution is 2.31. The highest BCUT2D eigenvalue weighted by molar-refractivity contribution is 7.07. The number of ether oxygens (including phenoxy) is 1. The van der Waals surface area contributed by atoms with Crippen LogP contribution in [0.5, 0.6) is 5.75 Å². The molecule has 140 valence electrons. The predicted octanol–water partition coefficient (Wildman–Crippen LogP) is 2.73. The molecule has 7 heteroatoms. The number of thiophene rings is 1. The summed E-state index contributed by atoms with van der Waals surface area (Å²) in [5.41, 5.74) is 3.25. The van der Waals surface area contributed by atoms with Gasteiger partial charge in [0.15, 0.2) is 0 Å². The molecule has 27 heavy (non-hydrogen) atoms. The van der Waals surface area contributed by atoms with Gasteiger partial charge in [0.2, 0.25) is 5.91 Å². The first-order valence-electron chi connectivity index (χ1n) is 8.90. The van der Waals surface area contributed by atoms with Crippen LogP contribution in [0.4, 0.5) is 0 Å². The van der Waals surface area contributed by atoms with E-state index < -0.39 is 0 Å². The lowest BCUT2D eigenvalue weighted by Gasteiger charge is -2.23. The van der Waals surface area contributed by atoms with E-state index in [1.807, 2.05) is 31.4 Å². The minimum absolute atomic E-state index is 0.00213. The molecule has 1 aromatic carbocycles. The Kier molecular flexibility index (Phi) is 5.22. The molecule has 3 heterocycles. The van der Waals surface area contributed by atoms with Crippen molar-refractivity contribution >= 4 is 17.2 Å². The van der Waals surface area contributed by atoms with E-state index in [0.717, 1.165) is 22.4 Å². The van der Waals surface area contributed by atoms with Crippen LogP contribution in [0.25, 0.3) is 0 Å². The lowest BCUT2D eigenvalue weighted by Crippen LogP contribution is -2.38. The van der Waals surface area contributed by atoms with Crippen LogP contribution in [0.1, 0.15) is 22.8 Å². The number of para-hydroxylation sites is 1. The summed E-state index contributed by atoms with van der Waals surface area (Å²) in [4.78, 5) is 14.6. The molecule has 0 radical (unpaired) electrons. The summed E-state index contributed by atoms with van der Waals surface area (Å²) in [7, 11) is 1.87. The van der Waals surface area contributed by atoms with Crippen molar-refractivity contribution in [1.82, 2.24) is 20.0 Å². The van der Waals surface area contributed by atoms with Gasteiger partial charge < -0.3 is 10.1 Å². The summed E-state index contributed by atoms with van der Waals surface area (Å²) in [5, 5.41) is 11.3. The van der Waals surface area contributed by atoms with Crippen molar-refractivity contribution in [2.24, 2.45) is 7.05 Å². The molecule has 0 saturated heterocycles. The average Bonchev–Trinajstić information content (AvgIpc) is 3.29. The van der Waals surface area contributed by atoms with E-state index in [-0.39, 0.29) is 12.0 Å². The summed E-state index contributed by atoms with van der Waals surface area (Å²) < 4.78 is 8.00. The molecule has 1 aliphatic heterocycles. The fourth-order valence-electron chi connectivity index (χ4n) is 3.25. The first-order chi connectivity index (χ1) is 13.2. The SMILES string of the molecule is Cn1cc(CNC(=O)CN2Cc3ccccc3OC(c3ccsc3)C2)cn1. The molecule has 3 aromatic rings. The van der Waals surface area contributed by atoms with E-state index in [4.69, 9.17) is 4.74 Å². The molecular formula is C20H22N4O2S. The fraction of sp³-hybridized carbons (Fsp3) is 0.300. The minimum Gasteiger partial charge on any atom is -0.484 e. The number of nitrogens with one attached hydrogen (secondary N) is 1. The van der Waals surface area contributed by atoms with Crippen LogP contribution in [0.3, 0.4) is 0 Å². The molecule has 2 aromatic heterocycles. The number of carbonyl (C=O) groups excluding carboxylic acids is 1. The van der Waals surface area contributed by atoms with E-state index in [9.17, 15) is 4.79 Å². The van der Waals surface area contributed by atoms with Crippen molar-refractivity contribution in [1.29, 1.82) is 0 Å². The van der Waals surface area contributed by atoms with Gasteiger partial charge >= 0.3 is 0 Å². The van der Waals surface area contributed by atoms with Crippen molar-refractivity contribution in [3.63, 3.8) is 0 Å². The van der Waals surface area contributed by atoms with Crippen LogP contribution in [-0.4, -0.2) is 33.7 Å². The number of aryl methyl sites for hydroxylation is 1. The Morgan fingerprint density at radius 3 is 3.04 bits per heavy atom. The predicted molar refractivity (Wildman–Crippen MR) is 104 cm³/mol. The van der Waals surface area contributed by atoms with Crippen LogP contribution in [0, 0.1) is 0 Å². The monoisotopic (exact) mass is 382 g/mol. The van der Waals surface area contributed by atoms with E-state index in [1.54, 1.807) is 22.2 Å². The number of nitrogens with zero attached hydrogens (tertiary/aromatic N) is 3. The molecule has 6 nitrogen and oxygen atoms in total. The summed E-state index contributed by atoms with van der Waals surface area (Å²) in [5.74, 6) is 0.897. The molecule has 1 N–H and O–H groups in total. The minimum atomic E-state index is -0.0778. The molecule has 1 aliphatic rings. The fourth-order valence-corrected chi connectivity index (χ4v) is 3.96. The zero-order valence-electron chi connectivity index (χ0n) is 15.2. The van der Waals surface area contributed by atoms with E-state index in [1.165, 1.54) is 0 Å². The average molecular weight is 382 g/mol. The van der Waals surface area contributed by atoms with Gasteiger partial charge in [0, 0.05) is 49.6 Å². The van der Waals surface area contributed by atoms with Gasteiger partial charge in [-0.15, -0.1) is 0 Å². The normalized spacial score (nSPS) is 17.0. The summed E-state index contributed by atoms with van der Waals surface area (Å²) in [6, 6.07) is 10.1. The summed E-state index contributed by atoms with van der Waals surface area (Å²) >= 11 is 1.66. The summed E-state index contributed by atoms with van der Waals surface area (Å²) in [6.07, 6.45) is 3.59. The Balaban J connectivity index is 1.45.